The summed E-state index contributed by atoms with van der Waals surface area (Å²) in [5.74, 6) is 0.915. The van der Waals surface area contributed by atoms with E-state index in [1.165, 1.54) is 0 Å². The standard InChI is InChI=1S/C14H21ClN2O/c1-10-7-17(8-11(2)16-10)9-12-6-13(15)4-5-14(12)18-3/h4-6,10-11,16H,7-9H2,1-3H3. The second-order valence-electron chi connectivity index (χ2n) is 5.12. The number of methoxy groups -OCH3 is 1. The number of halogens is 1. The molecule has 3 nitrogen and oxygen atoms in total. The molecule has 2 unspecified atom stereocenters. The van der Waals surface area contributed by atoms with Gasteiger partial charge < -0.3 is 10.1 Å². The normalized spacial score (nSPS) is 25.1. The van der Waals surface area contributed by atoms with Crippen LogP contribution in [0.2, 0.25) is 5.02 Å². The van der Waals surface area contributed by atoms with Crippen LogP contribution in [0.5, 0.6) is 5.75 Å². The Bertz CT molecular complexity index is 401. The topological polar surface area (TPSA) is 24.5 Å². The molecule has 1 aromatic carbocycles. The lowest BCUT2D eigenvalue weighted by Crippen LogP contribution is -2.53. The van der Waals surface area contributed by atoms with Crippen LogP contribution in [0.3, 0.4) is 0 Å². The number of rotatable bonds is 3. The van der Waals surface area contributed by atoms with E-state index in [4.69, 9.17) is 16.3 Å². The Labute approximate surface area is 114 Å². The Balaban J connectivity index is 2.10. The first-order valence-corrected chi connectivity index (χ1v) is 6.77. The van der Waals surface area contributed by atoms with E-state index in [0.29, 0.717) is 12.1 Å². The fourth-order valence-electron chi connectivity index (χ4n) is 2.68. The van der Waals surface area contributed by atoms with Gasteiger partial charge >= 0.3 is 0 Å². The Morgan fingerprint density at radius 2 is 2.00 bits per heavy atom. The van der Waals surface area contributed by atoms with Crippen molar-refractivity contribution < 1.29 is 4.74 Å². The molecule has 18 heavy (non-hydrogen) atoms. The summed E-state index contributed by atoms with van der Waals surface area (Å²) < 4.78 is 5.39. The Hall–Kier alpha value is -0.770. The smallest absolute Gasteiger partial charge is 0.123 e. The summed E-state index contributed by atoms with van der Waals surface area (Å²) in [4.78, 5) is 2.44. The van der Waals surface area contributed by atoms with E-state index in [2.05, 4.69) is 24.1 Å². The van der Waals surface area contributed by atoms with Crippen LogP contribution in [-0.2, 0) is 6.54 Å². The molecule has 0 aromatic heterocycles. The average molecular weight is 269 g/mol. The van der Waals surface area contributed by atoms with Crippen LogP contribution in [-0.4, -0.2) is 37.2 Å². The van der Waals surface area contributed by atoms with E-state index in [9.17, 15) is 0 Å². The fraction of sp³-hybridized carbons (Fsp3) is 0.571. The summed E-state index contributed by atoms with van der Waals surface area (Å²) in [5.41, 5.74) is 1.16. The summed E-state index contributed by atoms with van der Waals surface area (Å²) in [6, 6.07) is 6.86. The molecule has 4 heteroatoms. The SMILES string of the molecule is COc1ccc(Cl)cc1CN1CC(C)NC(C)C1. The molecule has 1 aromatic rings. The van der Waals surface area contributed by atoms with Gasteiger partial charge in [0.2, 0.25) is 0 Å². The van der Waals surface area contributed by atoms with Crippen molar-refractivity contribution >= 4 is 11.6 Å². The summed E-state index contributed by atoms with van der Waals surface area (Å²) in [6.07, 6.45) is 0. The van der Waals surface area contributed by atoms with Gasteiger partial charge in [0, 0.05) is 42.3 Å². The molecule has 1 N–H and O–H groups in total. The fourth-order valence-corrected chi connectivity index (χ4v) is 2.88. The Morgan fingerprint density at radius 1 is 1.33 bits per heavy atom. The minimum atomic E-state index is 0.527. The Morgan fingerprint density at radius 3 is 2.61 bits per heavy atom. The van der Waals surface area contributed by atoms with Gasteiger partial charge in [-0.25, -0.2) is 0 Å². The minimum absolute atomic E-state index is 0.527. The molecule has 100 valence electrons. The third-order valence-corrected chi connectivity index (χ3v) is 3.50. The van der Waals surface area contributed by atoms with Crippen LogP contribution < -0.4 is 10.1 Å². The summed E-state index contributed by atoms with van der Waals surface area (Å²) >= 11 is 6.06. The highest BCUT2D eigenvalue weighted by Gasteiger charge is 2.21. The van der Waals surface area contributed by atoms with Crippen molar-refractivity contribution in [3.63, 3.8) is 0 Å². The van der Waals surface area contributed by atoms with Gasteiger partial charge in [-0.15, -0.1) is 0 Å². The lowest BCUT2D eigenvalue weighted by molar-refractivity contribution is 0.165. The maximum atomic E-state index is 6.06. The second-order valence-corrected chi connectivity index (χ2v) is 5.56. The van der Waals surface area contributed by atoms with Gasteiger partial charge in [-0.3, -0.25) is 4.90 Å². The largest absolute Gasteiger partial charge is 0.496 e. The molecule has 1 fully saturated rings. The molecule has 0 amide bonds. The van der Waals surface area contributed by atoms with Gasteiger partial charge in [-0.2, -0.15) is 0 Å². The summed E-state index contributed by atoms with van der Waals surface area (Å²) in [6.45, 7) is 7.44. The van der Waals surface area contributed by atoms with Crippen molar-refractivity contribution in [2.45, 2.75) is 32.5 Å². The van der Waals surface area contributed by atoms with Gasteiger partial charge in [0.25, 0.3) is 0 Å². The first-order valence-electron chi connectivity index (χ1n) is 6.39. The zero-order valence-corrected chi connectivity index (χ0v) is 12.0. The zero-order valence-electron chi connectivity index (χ0n) is 11.2. The third-order valence-electron chi connectivity index (χ3n) is 3.27. The first kappa shape index (κ1) is 13.7. The van der Waals surface area contributed by atoms with Crippen LogP contribution in [0, 0.1) is 0 Å². The number of nitrogens with one attached hydrogen (secondary N) is 1. The van der Waals surface area contributed by atoms with E-state index >= 15 is 0 Å². The van der Waals surface area contributed by atoms with Crippen LogP contribution in [0.25, 0.3) is 0 Å². The summed E-state index contributed by atoms with van der Waals surface area (Å²) in [7, 11) is 1.70. The molecule has 1 saturated heterocycles. The molecule has 2 rings (SSSR count). The highest BCUT2D eigenvalue weighted by Crippen LogP contribution is 2.24. The molecule has 0 bridgehead atoms. The molecular weight excluding hydrogens is 248 g/mol. The zero-order chi connectivity index (χ0) is 13.1. The second kappa shape index (κ2) is 5.91. The number of piperazine rings is 1. The van der Waals surface area contributed by atoms with Crippen molar-refractivity contribution in [3.8, 4) is 5.75 Å². The van der Waals surface area contributed by atoms with E-state index in [0.717, 1.165) is 36.0 Å². The third kappa shape index (κ3) is 3.37. The first-order chi connectivity index (χ1) is 8.58. The van der Waals surface area contributed by atoms with Gasteiger partial charge in [-0.1, -0.05) is 11.6 Å². The van der Waals surface area contributed by atoms with Crippen LogP contribution in [0.15, 0.2) is 18.2 Å². The summed E-state index contributed by atoms with van der Waals surface area (Å²) in [5, 5.41) is 4.30. The molecule has 1 aliphatic rings. The monoisotopic (exact) mass is 268 g/mol. The van der Waals surface area contributed by atoms with E-state index in [-0.39, 0.29) is 0 Å². The van der Waals surface area contributed by atoms with Crippen LogP contribution in [0.4, 0.5) is 0 Å². The van der Waals surface area contributed by atoms with Crippen LogP contribution >= 0.6 is 11.6 Å². The molecular formula is C14H21ClN2O. The van der Waals surface area contributed by atoms with Gasteiger partial charge in [-0.05, 0) is 32.0 Å². The highest BCUT2D eigenvalue weighted by molar-refractivity contribution is 6.30. The highest BCUT2D eigenvalue weighted by atomic mass is 35.5. The molecule has 2 atom stereocenters. The Kier molecular flexibility index (Phi) is 4.49. The van der Waals surface area contributed by atoms with E-state index in [1.807, 2.05) is 18.2 Å². The quantitative estimate of drug-likeness (QED) is 0.912. The lowest BCUT2D eigenvalue weighted by Gasteiger charge is -2.36. The predicted octanol–water partition coefficient (Wildman–Crippen LogP) is 2.53. The number of nitrogens with zero attached hydrogens (tertiary/aromatic N) is 1. The average Bonchev–Trinajstić information content (AvgIpc) is 2.27. The molecule has 1 heterocycles. The molecule has 0 radical (unpaired) electrons. The van der Waals surface area contributed by atoms with Gasteiger partial charge in [0.15, 0.2) is 0 Å². The maximum Gasteiger partial charge on any atom is 0.123 e. The van der Waals surface area contributed by atoms with Crippen LogP contribution in [0.1, 0.15) is 19.4 Å². The van der Waals surface area contributed by atoms with E-state index in [1.54, 1.807) is 7.11 Å². The van der Waals surface area contributed by atoms with Crippen molar-refractivity contribution in [1.29, 1.82) is 0 Å². The molecule has 0 aliphatic carbocycles. The van der Waals surface area contributed by atoms with E-state index < -0.39 is 0 Å². The number of hydrogen-bond donors (Lipinski definition) is 1. The number of benzene rings is 1. The van der Waals surface area contributed by atoms with Crippen molar-refractivity contribution in [2.24, 2.45) is 0 Å². The molecule has 0 spiro atoms. The molecule has 0 saturated carbocycles. The number of hydrogen-bond acceptors (Lipinski definition) is 3. The lowest BCUT2D eigenvalue weighted by atomic mass is 10.1. The van der Waals surface area contributed by atoms with Crippen molar-refractivity contribution in [2.75, 3.05) is 20.2 Å². The van der Waals surface area contributed by atoms with Gasteiger partial charge in [0.1, 0.15) is 5.75 Å². The number of ether oxygens (including phenoxy) is 1. The van der Waals surface area contributed by atoms with Crippen molar-refractivity contribution in [1.82, 2.24) is 10.2 Å². The predicted molar refractivity (Wildman–Crippen MR) is 75.3 cm³/mol. The molecule has 1 aliphatic heterocycles. The maximum absolute atomic E-state index is 6.06. The van der Waals surface area contributed by atoms with Crippen molar-refractivity contribution in [3.05, 3.63) is 28.8 Å². The minimum Gasteiger partial charge on any atom is -0.496 e. The van der Waals surface area contributed by atoms with Gasteiger partial charge in [0.05, 0.1) is 7.11 Å².